The lowest BCUT2D eigenvalue weighted by atomic mass is 9.87. The molecule has 1 atom stereocenters. The summed E-state index contributed by atoms with van der Waals surface area (Å²) < 4.78 is 26.7. The summed E-state index contributed by atoms with van der Waals surface area (Å²) >= 11 is 6.03. The van der Waals surface area contributed by atoms with Gasteiger partial charge in [-0.3, -0.25) is 13.9 Å². The third-order valence-corrected chi connectivity index (χ3v) is 7.43. The Morgan fingerprint density at radius 2 is 1.57 bits per heavy atom. The molecule has 0 fully saturated rings. The molecular weight excluding hydrogens is 510 g/mol. The van der Waals surface area contributed by atoms with E-state index in [1.165, 1.54) is 4.90 Å². The average Bonchev–Trinajstić information content (AvgIpc) is 2.81. The molecule has 0 heterocycles. The highest BCUT2D eigenvalue weighted by atomic mass is 35.5. The Hall–Kier alpha value is -2.58. The Morgan fingerprint density at radius 1 is 1.00 bits per heavy atom. The second kappa shape index (κ2) is 12.8. The van der Waals surface area contributed by atoms with Crippen LogP contribution >= 0.6 is 11.6 Å². The second-order valence-corrected chi connectivity index (χ2v) is 13.1. The van der Waals surface area contributed by atoms with E-state index in [0.717, 1.165) is 21.7 Å². The van der Waals surface area contributed by atoms with E-state index in [0.29, 0.717) is 23.7 Å². The number of benzene rings is 2. The van der Waals surface area contributed by atoms with Crippen molar-refractivity contribution in [3.05, 3.63) is 64.7 Å². The van der Waals surface area contributed by atoms with Crippen LogP contribution in [0.25, 0.3) is 0 Å². The van der Waals surface area contributed by atoms with Crippen LogP contribution in [-0.2, 0) is 31.6 Å². The fourth-order valence-corrected chi connectivity index (χ4v) is 4.85. The Morgan fingerprint density at radius 3 is 2.03 bits per heavy atom. The maximum Gasteiger partial charge on any atom is 0.244 e. The van der Waals surface area contributed by atoms with E-state index in [9.17, 15) is 18.0 Å². The second-order valence-electron chi connectivity index (χ2n) is 10.8. The highest BCUT2D eigenvalue weighted by Crippen LogP contribution is 2.26. The average molecular weight is 550 g/mol. The van der Waals surface area contributed by atoms with Gasteiger partial charge < -0.3 is 10.2 Å². The third-order valence-electron chi connectivity index (χ3n) is 6.04. The monoisotopic (exact) mass is 549 g/mol. The molecule has 0 spiro atoms. The summed E-state index contributed by atoms with van der Waals surface area (Å²) in [6, 6.07) is 13.4. The number of rotatable bonds is 11. The van der Waals surface area contributed by atoms with Crippen LogP contribution in [-0.4, -0.2) is 50.5 Å². The van der Waals surface area contributed by atoms with E-state index in [-0.39, 0.29) is 23.8 Å². The van der Waals surface area contributed by atoms with Crippen molar-refractivity contribution in [3.8, 4) is 0 Å². The number of amides is 2. The third kappa shape index (κ3) is 9.04. The molecule has 204 valence electrons. The number of sulfonamides is 1. The number of hydrogen-bond donors (Lipinski definition) is 1. The Balaban J connectivity index is 2.42. The zero-order valence-corrected chi connectivity index (χ0v) is 24.5. The fraction of sp³-hybridized carbons (Fsp3) is 0.500. The van der Waals surface area contributed by atoms with Crippen molar-refractivity contribution in [2.24, 2.45) is 5.92 Å². The highest BCUT2D eigenvalue weighted by Gasteiger charge is 2.32. The summed E-state index contributed by atoms with van der Waals surface area (Å²) in [6.07, 6.45) is 1.45. The quantitative estimate of drug-likeness (QED) is 0.428. The Kier molecular flexibility index (Phi) is 10.6. The Labute approximate surface area is 227 Å². The summed E-state index contributed by atoms with van der Waals surface area (Å²) in [5, 5.41) is 3.47. The smallest absolute Gasteiger partial charge is 0.244 e. The summed E-state index contributed by atoms with van der Waals surface area (Å²) in [6.45, 7) is 12.2. The molecule has 0 aliphatic carbocycles. The SMILES string of the molecule is CCC(C(=O)NCC(C)C)N(Cc1ccc(Cl)cc1)C(=O)CN(c1ccc(C(C)(C)C)cc1)S(C)(=O)=O. The number of anilines is 1. The largest absolute Gasteiger partial charge is 0.354 e. The molecule has 0 bridgehead atoms. The maximum absolute atomic E-state index is 13.7. The van der Waals surface area contributed by atoms with Crippen LogP contribution in [0.4, 0.5) is 5.69 Å². The molecule has 0 saturated heterocycles. The summed E-state index contributed by atoms with van der Waals surface area (Å²) in [4.78, 5) is 28.3. The number of hydrogen-bond acceptors (Lipinski definition) is 4. The van der Waals surface area contributed by atoms with Gasteiger partial charge in [-0.2, -0.15) is 0 Å². The van der Waals surface area contributed by atoms with Crippen molar-refractivity contribution in [3.63, 3.8) is 0 Å². The normalized spacial score (nSPS) is 12.8. The van der Waals surface area contributed by atoms with Gasteiger partial charge in [0.15, 0.2) is 0 Å². The topological polar surface area (TPSA) is 86.8 Å². The summed E-state index contributed by atoms with van der Waals surface area (Å²) in [5.41, 5.74) is 2.13. The molecule has 0 aliphatic rings. The first kappa shape index (κ1) is 30.6. The predicted octanol–water partition coefficient (Wildman–Crippen LogP) is 4.98. The number of carbonyl (C=O) groups excluding carboxylic acids is 2. The van der Waals surface area contributed by atoms with Crippen molar-refractivity contribution in [2.75, 3.05) is 23.7 Å². The number of nitrogens with zero attached hydrogens (tertiary/aromatic N) is 2. The van der Waals surface area contributed by atoms with Gasteiger partial charge >= 0.3 is 0 Å². The molecule has 9 heteroatoms. The van der Waals surface area contributed by atoms with E-state index >= 15 is 0 Å². The van der Waals surface area contributed by atoms with E-state index in [4.69, 9.17) is 11.6 Å². The minimum absolute atomic E-state index is 0.0999. The van der Waals surface area contributed by atoms with Gasteiger partial charge in [0.2, 0.25) is 21.8 Å². The molecule has 0 radical (unpaired) electrons. The highest BCUT2D eigenvalue weighted by molar-refractivity contribution is 7.92. The standard InChI is InChI=1S/C28H40ClN3O4S/c1-8-25(27(34)30-17-20(2)3)31(18-21-9-13-23(29)14-10-21)26(33)19-32(37(7,35)36)24-15-11-22(12-16-24)28(4,5)6/h9-16,20,25H,8,17-19H2,1-7H3,(H,30,34). The van der Waals surface area contributed by atoms with Crippen LogP contribution in [0, 0.1) is 5.92 Å². The number of carbonyl (C=O) groups is 2. The molecule has 0 aliphatic heterocycles. The van der Waals surface area contributed by atoms with Crippen LogP contribution in [0.5, 0.6) is 0 Å². The van der Waals surface area contributed by atoms with Gasteiger partial charge in [-0.25, -0.2) is 8.42 Å². The molecular formula is C28H40ClN3O4S. The molecule has 1 unspecified atom stereocenters. The van der Waals surface area contributed by atoms with Crippen LogP contribution in [0.3, 0.4) is 0 Å². The lowest BCUT2D eigenvalue weighted by Gasteiger charge is -2.33. The van der Waals surface area contributed by atoms with Gasteiger partial charge in [-0.1, -0.05) is 77.4 Å². The number of halogens is 1. The lowest BCUT2D eigenvalue weighted by Crippen LogP contribution is -2.52. The minimum Gasteiger partial charge on any atom is -0.354 e. The Bertz CT molecular complexity index is 1160. The predicted molar refractivity (Wildman–Crippen MR) is 151 cm³/mol. The molecule has 1 N–H and O–H groups in total. The van der Waals surface area contributed by atoms with Gasteiger partial charge in [0, 0.05) is 18.1 Å². The molecule has 0 aromatic heterocycles. The summed E-state index contributed by atoms with van der Waals surface area (Å²) in [7, 11) is -3.78. The zero-order valence-electron chi connectivity index (χ0n) is 22.9. The molecule has 2 rings (SSSR count). The van der Waals surface area contributed by atoms with E-state index < -0.39 is 28.5 Å². The molecule has 0 saturated carbocycles. The van der Waals surface area contributed by atoms with E-state index in [1.54, 1.807) is 36.4 Å². The van der Waals surface area contributed by atoms with Crippen molar-refractivity contribution in [2.45, 2.75) is 66.0 Å². The van der Waals surface area contributed by atoms with Crippen LogP contribution in [0.2, 0.25) is 5.02 Å². The van der Waals surface area contributed by atoms with Crippen molar-refractivity contribution >= 4 is 39.1 Å². The number of nitrogens with one attached hydrogen (secondary N) is 1. The molecule has 7 nitrogen and oxygen atoms in total. The first-order valence-electron chi connectivity index (χ1n) is 12.5. The van der Waals surface area contributed by atoms with E-state index in [1.807, 2.05) is 32.9 Å². The molecule has 2 aromatic carbocycles. The fourth-order valence-electron chi connectivity index (χ4n) is 3.87. The summed E-state index contributed by atoms with van der Waals surface area (Å²) in [5.74, 6) is -0.482. The first-order valence-corrected chi connectivity index (χ1v) is 14.8. The van der Waals surface area contributed by atoms with Crippen molar-refractivity contribution in [1.82, 2.24) is 10.2 Å². The van der Waals surface area contributed by atoms with Gasteiger partial charge in [-0.15, -0.1) is 0 Å². The minimum atomic E-state index is -3.78. The van der Waals surface area contributed by atoms with Gasteiger partial charge in [0.1, 0.15) is 12.6 Å². The van der Waals surface area contributed by atoms with Gasteiger partial charge in [-0.05, 0) is 53.1 Å². The van der Waals surface area contributed by atoms with E-state index in [2.05, 4.69) is 26.1 Å². The van der Waals surface area contributed by atoms with Gasteiger partial charge in [0.05, 0.1) is 11.9 Å². The van der Waals surface area contributed by atoms with Crippen LogP contribution in [0.1, 0.15) is 59.1 Å². The van der Waals surface area contributed by atoms with Crippen LogP contribution in [0.15, 0.2) is 48.5 Å². The zero-order chi connectivity index (χ0) is 28.0. The van der Waals surface area contributed by atoms with Crippen molar-refractivity contribution in [1.29, 1.82) is 0 Å². The van der Waals surface area contributed by atoms with Crippen LogP contribution < -0.4 is 9.62 Å². The molecule has 2 amide bonds. The molecule has 37 heavy (non-hydrogen) atoms. The lowest BCUT2D eigenvalue weighted by molar-refractivity contribution is -0.140. The van der Waals surface area contributed by atoms with Gasteiger partial charge in [0.25, 0.3) is 0 Å². The maximum atomic E-state index is 13.7. The first-order chi connectivity index (χ1) is 17.1. The molecule has 2 aromatic rings. The van der Waals surface area contributed by atoms with Crippen molar-refractivity contribution < 1.29 is 18.0 Å².